The lowest BCUT2D eigenvalue weighted by Gasteiger charge is -2.15. The van der Waals surface area contributed by atoms with Gasteiger partial charge in [0.25, 0.3) is 5.91 Å². The van der Waals surface area contributed by atoms with E-state index in [2.05, 4.69) is 35.6 Å². The molecule has 10 heteroatoms. The van der Waals surface area contributed by atoms with Crippen LogP contribution < -0.4 is 10.6 Å². The number of aromatic nitrogens is 5. The van der Waals surface area contributed by atoms with E-state index < -0.39 is 17.9 Å². The molecular formula is C20H17N7O3. The fourth-order valence-electron chi connectivity index (χ4n) is 2.82. The minimum atomic E-state index is -1.17. The number of benzene rings is 1. The summed E-state index contributed by atoms with van der Waals surface area (Å²) in [5, 5.41) is 14.7. The molecule has 1 aromatic carbocycles. The summed E-state index contributed by atoms with van der Waals surface area (Å²) in [6.45, 7) is -0.0659. The standard InChI is InChI=1S/C20H17N7O3/c28-18(27-16(19(29)30)11-24-20-22-6-1-7-23-20)13-2-3-14-15(10-13)26-17(25-14)12-4-8-21-9-5-12/h1-10,16H,11H2,(H,25,26)(H,27,28)(H,29,30)(H,22,23,24)/t16-/m0/s1. The van der Waals surface area contributed by atoms with Gasteiger partial charge in [-0.25, -0.2) is 19.7 Å². The molecule has 150 valence electrons. The Balaban J connectivity index is 1.49. The van der Waals surface area contributed by atoms with Gasteiger partial charge in [0, 0.05) is 42.5 Å². The first kappa shape index (κ1) is 19.0. The highest BCUT2D eigenvalue weighted by Crippen LogP contribution is 2.20. The van der Waals surface area contributed by atoms with Crippen LogP contribution in [0.2, 0.25) is 0 Å². The summed E-state index contributed by atoms with van der Waals surface area (Å²) in [5.74, 6) is -0.754. The fourth-order valence-corrected chi connectivity index (χ4v) is 2.82. The van der Waals surface area contributed by atoms with Crippen molar-refractivity contribution in [3.8, 4) is 11.4 Å². The summed E-state index contributed by atoms with van der Waals surface area (Å²) in [6, 6.07) is 9.07. The third-order valence-electron chi connectivity index (χ3n) is 4.33. The minimum absolute atomic E-state index is 0.0659. The molecule has 0 aliphatic carbocycles. The average molecular weight is 403 g/mol. The molecule has 0 aliphatic rings. The number of hydrogen-bond donors (Lipinski definition) is 4. The van der Waals surface area contributed by atoms with E-state index in [1.165, 1.54) is 12.4 Å². The molecule has 1 amide bonds. The number of H-pyrrole nitrogens is 1. The maximum absolute atomic E-state index is 12.6. The molecule has 0 aliphatic heterocycles. The number of imidazole rings is 1. The van der Waals surface area contributed by atoms with Crippen molar-refractivity contribution in [2.75, 3.05) is 11.9 Å². The van der Waals surface area contributed by atoms with Gasteiger partial charge in [0.2, 0.25) is 5.95 Å². The summed E-state index contributed by atoms with van der Waals surface area (Å²) in [5.41, 5.74) is 2.54. The van der Waals surface area contributed by atoms with Crippen LogP contribution in [0, 0.1) is 0 Å². The third kappa shape index (κ3) is 4.22. The van der Waals surface area contributed by atoms with E-state index >= 15 is 0 Å². The third-order valence-corrected chi connectivity index (χ3v) is 4.33. The minimum Gasteiger partial charge on any atom is -0.480 e. The molecule has 3 heterocycles. The van der Waals surface area contributed by atoms with Gasteiger partial charge >= 0.3 is 5.97 Å². The lowest BCUT2D eigenvalue weighted by Crippen LogP contribution is -2.45. The number of nitrogens with one attached hydrogen (secondary N) is 3. The van der Waals surface area contributed by atoms with E-state index in [0.29, 0.717) is 22.4 Å². The molecule has 4 rings (SSSR count). The van der Waals surface area contributed by atoms with E-state index in [1.54, 1.807) is 36.7 Å². The summed E-state index contributed by atoms with van der Waals surface area (Å²) in [6.07, 6.45) is 6.40. The van der Waals surface area contributed by atoms with Crippen molar-refractivity contribution in [2.24, 2.45) is 0 Å². The topological polar surface area (TPSA) is 146 Å². The normalized spacial score (nSPS) is 11.7. The molecule has 10 nitrogen and oxygen atoms in total. The summed E-state index contributed by atoms with van der Waals surface area (Å²) in [7, 11) is 0. The number of hydrogen-bond acceptors (Lipinski definition) is 7. The number of amides is 1. The molecule has 0 radical (unpaired) electrons. The first-order chi connectivity index (χ1) is 14.6. The Hall–Kier alpha value is -4.34. The van der Waals surface area contributed by atoms with E-state index in [0.717, 1.165) is 5.56 Å². The number of anilines is 1. The second-order valence-corrected chi connectivity index (χ2v) is 6.37. The molecule has 0 unspecified atom stereocenters. The zero-order valence-electron chi connectivity index (χ0n) is 15.6. The number of fused-ring (bicyclic) bond motifs is 1. The fraction of sp³-hybridized carbons (Fsp3) is 0.100. The maximum atomic E-state index is 12.6. The van der Waals surface area contributed by atoms with Crippen LogP contribution in [0.3, 0.4) is 0 Å². The van der Waals surface area contributed by atoms with Gasteiger partial charge in [-0.2, -0.15) is 0 Å². The van der Waals surface area contributed by atoms with Gasteiger partial charge in [0.05, 0.1) is 11.0 Å². The highest BCUT2D eigenvalue weighted by atomic mass is 16.4. The lowest BCUT2D eigenvalue weighted by molar-refractivity contribution is -0.138. The van der Waals surface area contributed by atoms with Crippen molar-refractivity contribution < 1.29 is 14.7 Å². The van der Waals surface area contributed by atoms with Crippen molar-refractivity contribution in [2.45, 2.75) is 6.04 Å². The number of carbonyl (C=O) groups is 2. The largest absolute Gasteiger partial charge is 0.480 e. The van der Waals surface area contributed by atoms with Crippen LogP contribution in [-0.4, -0.2) is 54.5 Å². The van der Waals surface area contributed by atoms with Crippen LogP contribution in [0.4, 0.5) is 5.95 Å². The molecule has 0 saturated carbocycles. The van der Waals surface area contributed by atoms with Crippen molar-refractivity contribution >= 4 is 28.9 Å². The quantitative estimate of drug-likeness (QED) is 0.365. The number of aromatic amines is 1. The molecular weight excluding hydrogens is 386 g/mol. The van der Waals surface area contributed by atoms with Crippen LogP contribution in [0.15, 0.2) is 61.2 Å². The van der Waals surface area contributed by atoms with Crippen molar-refractivity contribution in [1.82, 2.24) is 30.2 Å². The van der Waals surface area contributed by atoms with E-state index in [4.69, 9.17) is 0 Å². The van der Waals surface area contributed by atoms with Crippen LogP contribution in [0.5, 0.6) is 0 Å². The van der Waals surface area contributed by atoms with Crippen LogP contribution >= 0.6 is 0 Å². The first-order valence-corrected chi connectivity index (χ1v) is 9.05. The molecule has 4 N–H and O–H groups in total. The highest BCUT2D eigenvalue weighted by molar-refractivity contribution is 5.99. The van der Waals surface area contributed by atoms with Gasteiger partial charge in [-0.3, -0.25) is 9.78 Å². The second-order valence-electron chi connectivity index (χ2n) is 6.37. The first-order valence-electron chi connectivity index (χ1n) is 9.05. The van der Waals surface area contributed by atoms with Gasteiger partial charge in [-0.15, -0.1) is 0 Å². The smallest absolute Gasteiger partial charge is 0.328 e. The molecule has 3 aromatic heterocycles. The predicted octanol–water partition coefficient (Wildman–Crippen LogP) is 1.71. The average Bonchev–Trinajstić information content (AvgIpc) is 3.21. The van der Waals surface area contributed by atoms with Gasteiger partial charge in [0.15, 0.2) is 0 Å². The lowest BCUT2D eigenvalue weighted by atomic mass is 10.1. The number of pyridine rings is 1. The van der Waals surface area contributed by atoms with Gasteiger partial charge in [-0.1, -0.05) is 0 Å². The summed E-state index contributed by atoms with van der Waals surface area (Å²) < 4.78 is 0. The molecule has 0 spiro atoms. The van der Waals surface area contributed by atoms with Crippen LogP contribution in [0.25, 0.3) is 22.4 Å². The monoisotopic (exact) mass is 403 g/mol. The van der Waals surface area contributed by atoms with Gasteiger partial charge in [0.1, 0.15) is 11.9 Å². The van der Waals surface area contributed by atoms with Crippen molar-refractivity contribution in [3.63, 3.8) is 0 Å². The van der Waals surface area contributed by atoms with Crippen LogP contribution in [0.1, 0.15) is 10.4 Å². The molecule has 1 atom stereocenters. The van der Waals surface area contributed by atoms with Gasteiger partial charge < -0.3 is 20.7 Å². The molecule has 30 heavy (non-hydrogen) atoms. The Morgan fingerprint density at radius 3 is 2.57 bits per heavy atom. The predicted molar refractivity (Wildman–Crippen MR) is 109 cm³/mol. The number of aliphatic carboxylic acids is 1. The van der Waals surface area contributed by atoms with E-state index in [1.807, 2.05) is 12.1 Å². The second kappa shape index (κ2) is 8.35. The zero-order valence-corrected chi connectivity index (χ0v) is 15.6. The number of nitrogens with zero attached hydrogens (tertiary/aromatic N) is 4. The number of carbonyl (C=O) groups excluding carboxylic acids is 1. The van der Waals surface area contributed by atoms with Crippen molar-refractivity contribution in [3.05, 3.63) is 66.7 Å². The molecule has 0 bridgehead atoms. The maximum Gasteiger partial charge on any atom is 0.328 e. The number of carboxylic acid groups (broad SMARTS) is 1. The van der Waals surface area contributed by atoms with Crippen LogP contribution in [-0.2, 0) is 4.79 Å². The zero-order chi connectivity index (χ0) is 20.9. The van der Waals surface area contributed by atoms with E-state index in [-0.39, 0.29) is 12.5 Å². The number of rotatable bonds is 7. The molecule has 4 aromatic rings. The Morgan fingerprint density at radius 1 is 1.07 bits per heavy atom. The summed E-state index contributed by atoms with van der Waals surface area (Å²) in [4.78, 5) is 43.7. The summed E-state index contributed by atoms with van der Waals surface area (Å²) >= 11 is 0. The van der Waals surface area contributed by atoms with Crippen molar-refractivity contribution in [1.29, 1.82) is 0 Å². The molecule has 0 saturated heterocycles. The highest BCUT2D eigenvalue weighted by Gasteiger charge is 2.21. The van der Waals surface area contributed by atoms with Gasteiger partial charge in [-0.05, 0) is 36.4 Å². The SMILES string of the molecule is O=C(N[C@@H](CNc1ncccn1)C(=O)O)c1ccc2nc(-c3ccncc3)[nH]c2c1. The number of carboxylic acids is 1. The molecule has 0 fully saturated rings. The Morgan fingerprint density at radius 2 is 1.83 bits per heavy atom. The van der Waals surface area contributed by atoms with E-state index in [9.17, 15) is 14.7 Å². The Kier molecular flexibility index (Phi) is 5.29. The Bertz CT molecular complexity index is 1180. The Labute approximate surface area is 170 Å².